The fourth-order valence-corrected chi connectivity index (χ4v) is 4.86. The summed E-state index contributed by atoms with van der Waals surface area (Å²) in [7, 11) is 0. The van der Waals surface area contributed by atoms with Gasteiger partial charge in [0.1, 0.15) is 28.8 Å². The summed E-state index contributed by atoms with van der Waals surface area (Å²) >= 11 is 0. The van der Waals surface area contributed by atoms with Gasteiger partial charge in [-0.2, -0.15) is 23.5 Å². The number of fused-ring (bicyclic) bond motifs is 1. The third-order valence-corrected chi connectivity index (χ3v) is 7.26. The lowest BCUT2D eigenvalue weighted by molar-refractivity contribution is -0.141. The average molecular weight is 506 g/mol. The summed E-state index contributed by atoms with van der Waals surface area (Å²) in [6.45, 7) is 1.70. The van der Waals surface area contributed by atoms with Crippen LogP contribution in [-0.4, -0.2) is 34.7 Å². The Morgan fingerprint density at radius 2 is 1.89 bits per heavy atom. The van der Waals surface area contributed by atoms with Gasteiger partial charge >= 0.3 is 6.18 Å². The largest absolute Gasteiger partial charge is 0.433 e. The summed E-state index contributed by atoms with van der Waals surface area (Å²) in [5.74, 6) is 1.58. The van der Waals surface area contributed by atoms with Crippen LogP contribution >= 0.6 is 0 Å². The minimum atomic E-state index is -4.56. The molecule has 9 nitrogen and oxygen atoms in total. The molecule has 12 heteroatoms. The van der Waals surface area contributed by atoms with Crippen LogP contribution in [0.15, 0.2) is 35.4 Å². The first-order chi connectivity index (χ1) is 17.7. The van der Waals surface area contributed by atoms with Crippen molar-refractivity contribution in [1.29, 1.82) is 5.26 Å². The number of alkyl halides is 3. The van der Waals surface area contributed by atoms with Crippen LogP contribution in [0.4, 0.5) is 13.2 Å². The van der Waals surface area contributed by atoms with Crippen LogP contribution in [-0.2, 0) is 6.18 Å². The Balaban J connectivity index is 1.38. The van der Waals surface area contributed by atoms with E-state index in [1.54, 1.807) is 13.1 Å². The van der Waals surface area contributed by atoms with Crippen molar-refractivity contribution in [2.75, 3.05) is 0 Å². The SMILES string of the molecule is C[C@@H](c1ccc(C(F)(F)F)nc1)n1nc(C#N)c2c(=O)[nH]c([C@@H]3CC[C@H]3c3nccc(C4CC4)n3)nc21. The van der Waals surface area contributed by atoms with Crippen LogP contribution in [0.25, 0.3) is 11.0 Å². The van der Waals surface area contributed by atoms with Crippen molar-refractivity contribution in [3.05, 3.63) is 75.2 Å². The van der Waals surface area contributed by atoms with E-state index in [0.717, 1.165) is 49.5 Å². The molecule has 188 valence electrons. The van der Waals surface area contributed by atoms with Crippen LogP contribution in [0.5, 0.6) is 0 Å². The quantitative estimate of drug-likeness (QED) is 0.427. The van der Waals surface area contributed by atoms with Crippen LogP contribution in [0.1, 0.15) is 90.7 Å². The maximum absolute atomic E-state index is 13.1. The van der Waals surface area contributed by atoms with Gasteiger partial charge < -0.3 is 4.98 Å². The molecule has 0 aromatic carbocycles. The van der Waals surface area contributed by atoms with Crippen molar-refractivity contribution < 1.29 is 13.2 Å². The zero-order valence-electron chi connectivity index (χ0n) is 19.7. The fraction of sp³-hybridized carbons (Fsp3) is 0.400. The number of halogens is 3. The van der Waals surface area contributed by atoms with Crippen molar-refractivity contribution in [3.8, 4) is 6.07 Å². The van der Waals surface area contributed by atoms with Crippen molar-refractivity contribution in [2.45, 2.75) is 62.6 Å². The molecular formula is C25H21F3N8O. The second-order valence-corrected chi connectivity index (χ2v) is 9.61. The van der Waals surface area contributed by atoms with Crippen LogP contribution in [0.3, 0.4) is 0 Å². The highest BCUT2D eigenvalue weighted by Crippen LogP contribution is 2.47. The summed E-state index contributed by atoms with van der Waals surface area (Å²) in [6.07, 6.45) is 2.25. The zero-order valence-corrected chi connectivity index (χ0v) is 19.7. The van der Waals surface area contributed by atoms with Crippen molar-refractivity contribution in [3.63, 3.8) is 0 Å². The van der Waals surface area contributed by atoms with Crippen LogP contribution < -0.4 is 5.56 Å². The molecule has 0 amide bonds. The first-order valence-corrected chi connectivity index (χ1v) is 12.0. The summed E-state index contributed by atoms with van der Waals surface area (Å²) in [6, 6.07) is 5.44. The molecule has 6 rings (SSSR count). The molecule has 0 radical (unpaired) electrons. The Morgan fingerprint density at radius 3 is 2.51 bits per heavy atom. The normalized spacial score (nSPS) is 20.4. The van der Waals surface area contributed by atoms with Gasteiger partial charge in [-0.05, 0) is 50.3 Å². The highest BCUT2D eigenvalue weighted by atomic mass is 19.4. The second kappa shape index (κ2) is 8.47. The Morgan fingerprint density at radius 1 is 1.11 bits per heavy atom. The molecule has 2 saturated carbocycles. The Labute approximate surface area is 208 Å². The highest BCUT2D eigenvalue weighted by Gasteiger charge is 2.39. The molecule has 0 saturated heterocycles. The third kappa shape index (κ3) is 4.04. The number of rotatable bonds is 5. The van der Waals surface area contributed by atoms with Gasteiger partial charge in [-0.3, -0.25) is 9.78 Å². The molecule has 2 aliphatic rings. The molecule has 37 heavy (non-hydrogen) atoms. The highest BCUT2D eigenvalue weighted by molar-refractivity contribution is 5.80. The van der Waals surface area contributed by atoms with Crippen molar-refractivity contribution >= 4 is 11.0 Å². The van der Waals surface area contributed by atoms with Gasteiger partial charge in [0.05, 0.1) is 6.04 Å². The molecule has 0 unspecified atom stereocenters. The maximum Gasteiger partial charge on any atom is 0.433 e. The summed E-state index contributed by atoms with van der Waals surface area (Å²) in [5.41, 5.74) is 0.0698. The van der Waals surface area contributed by atoms with E-state index < -0.39 is 23.5 Å². The monoisotopic (exact) mass is 506 g/mol. The van der Waals surface area contributed by atoms with Crippen molar-refractivity contribution in [1.82, 2.24) is 34.7 Å². The molecular weight excluding hydrogens is 485 g/mol. The Kier molecular flexibility index (Phi) is 5.33. The summed E-state index contributed by atoms with van der Waals surface area (Å²) in [4.78, 5) is 33.4. The molecule has 2 aliphatic carbocycles. The minimum Gasteiger partial charge on any atom is -0.310 e. The molecule has 4 heterocycles. The standard InChI is InChI=1S/C25H21F3N8O/c1-12(14-4-7-19(31-11-14)25(26,27)28)36-23-20(18(10-29)35-36)24(37)34-22(33-23)16-6-5-15(16)21-30-9-8-17(32-21)13-2-3-13/h4,7-9,11-13,15-16H,2-3,5-6H2,1H3,(H,33,34,37)/t12-,15+,16+/m0/s1. The number of nitrogens with zero attached hydrogens (tertiary/aromatic N) is 7. The van der Waals surface area contributed by atoms with E-state index in [1.165, 1.54) is 10.7 Å². The molecule has 3 atom stereocenters. The lowest BCUT2D eigenvalue weighted by Gasteiger charge is -2.34. The van der Waals surface area contributed by atoms with Gasteiger partial charge in [-0.1, -0.05) is 6.07 Å². The van der Waals surface area contributed by atoms with Crippen LogP contribution in [0, 0.1) is 11.3 Å². The Hall–Kier alpha value is -4.14. The van der Waals surface area contributed by atoms with Crippen LogP contribution in [0.2, 0.25) is 0 Å². The minimum absolute atomic E-state index is 0.00245. The third-order valence-electron chi connectivity index (χ3n) is 7.26. The molecule has 1 N–H and O–H groups in total. The lowest BCUT2D eigenvalue weighted by atomic mass is 9.72. The number of H-pyrrole nitrogens is 1. The average Bonchev–Trinajstić information content (AvgIpc) is 3.64. The first kappa shape index (κ1) is 23.3. The summed E-state index contributed by atoms with van der Waals surface area (Å²) < 4.78 is 40.2. The van der Waals surface area contributed by atoms with E-state index in [-0.39, 0.29) is 28.6 Å². The van der Waals surface area contributed by atoms with E-state index in [1.807, 2.05) is 12.1 Å². The number of aromatic nitrogens is 7. The van der Waals surface area contributed by atoms with E-state index in [2.05, 4.69) is 20.1 Å². The van der Waals surface area contributed by atoms with E-state index >= 15 is 0 Å². The number of aromatic amines is 1. The number of nitrogens with one attached hydrogen (secondary N) is 1. The molecule has 4 aromatic rings. The maximum atomic E-state index is 13.1. The number of nitriles is 1. The van der Waals surface area contributed by atoms with Crippen molar-refractivity contribution in [2.24, 2.45) is 0 Å². The lowest BCUT2D eigenvalue weighted by Crippen LogP contribution is -2.28. The number of pyridine rings is 1. The predicted molar refractivity (Wildman–Crippen MR) is 125 cm³/mol. The molecule has 0 spiro atoms. The first-order valence-electron chi connectivity index (χ1n) is 12.0. The predicted octanol–water partition coefficient (Wildman–Crippen LogP) is 4.34. The van der Waals surface area contributed by atoms with Gasteiger partial charge in [0.25, 0.3) is 5.56 Å². The fourth-order valence-electron chi connectivity index (χ4n) is 4.86. The topological polar surface area (TPSA) is 126 Å². The van der Waals surface area contributed by atoms with Gasteiger partial charge in [-0.25, -0.2) is 19.6 Å². The van der Waals surface area contributed by atoms with E-state index in [0.29, 0.717) is 17.3 Å². The molecule has 0 bridgehead atoms. The van der Waals surface area contributed by atoms with Gasteiger partial charge in [0.15, 0.2) is 11.3 Å². The molecule has 0 aliphatic heterocycles. The number of hydrogen-bond acceptors (Lipinski definition) is 7. The second-order valence-electron chi connectivity index (χ2n) is 9.61. The number of hydrogen-bond donors (Lipinski definition) is 1. The van der Waals surface area contributed by atoms with E-state index in [9.17, 15) is 23.2 Å². The van der Waals surface area contributed by atoms with E-state index in [4.69, 9.17) is 9.97 Å². The van der Waals surface area contributed by atoms with Gasteiger partial charge in [-0.15, -0.1) is 0 Å². The van der Waals surface area contributed by atoms with Gasteiger partial charge in [0, 0.05) is 35.8 Å². The molecule has 4 aromatic heterocycles. The van der Waals surface area contributed by atoms with Gasteiger partial charge in [0.2, 0.25) is 0 Å². The molecule has 2 fully saturated rings. The Bertz CT molecular complexity index is 1600. The smallest absolute Gasteiger partial charge is 0.310 e. The summed E-state index contributed by atoms with van der Waals surface area (Å²) in [5, 5.41) is 13.9. The zero-order chi connectivity index (χ0) is 25.9.